The van der Waals surface area contributed by atoms with Crippen molar-refractivity contribution in [1.29, 1.82) is 0 Å². The van der Waals surface area contributed by atoms with Gasteiger partial charge in [0.05, 0.1) is 24.7 Å². The highest BCUT2D eigenvalue weighted by molar-refractivity contribution is 6.03. The van der Waals surface area contributed by atoms with Crippen molar-refractivity contribution in [2.75, 3.05) is 24.3 Å². The maximum Gasteiger partial charge on any atom is 0.274 e. The maximum absolute atomic E-state index is 12.3. The molecule has 122 valence electrons. The number of amides is 1. The molecular formula is C18H23N3O2. The van der Waals surface area contributed by atoms with E-state index in [0.29, 0.717) is 17.1 Å². The molecule has 0 aliphatic heterocycles. The smallest absolute Gasteiger partial charge is 0.274 e. The molecule has 0 atom stereocenters. The first-order valence-electron chi connectivity index (χ1n) is 7.80. The largest absolute Gasteiger partial charge is 0.495 e. The fourth-order valence-corrected chi connectivity index (χ4v) is 2.15. The van der Waals surface area contributed by atoms with Crippen molar-refractivity contribution in [3.05, 3.63) is 47.8 Å². The summed E-state index contributed by atoms with van der Waals surface area (Å²) in [5.41, 5.74) is 2.98. The number of methoxy groups -OCH3 is 1. The Hall–Kier alpha value is -2.56. The van der Waals surface area contributed by atoms with Crippen molar-refractivity contribution in [3.8, 4) is 5.75 Å². The van der Waals surface area contributed by atoms with Crippen LogP contribution < -0.4 is 15.4 Å². The lowest BCUT2D eigenvalue weighted by Crippen LogP contribution is -2.14. The van der Waals surface area contributed by atoms with Gasteiger partial charge in [-0.2, -0.15) is 0 Å². The Labute approximate surface area is 137 Å². The van der Waals surface area contributed by atoms with Gasteiger partial charge >= 0.3 is 0 Å². The van der Waals surface area contributed by atoms with Gasteiger partial charge in [-0.25, -0.2) is 4.98 Å². The summed E-state index contributed by atoms with van der Waals surface area (Å²) < 4.78 is 5.27. The minimum atomic E-state index is -0.256. The number of unbranched alkanes of at least 4 members (excludes halogenated alkanes) is 1. The number of carbonyl (C=O) groups excluding carboxylic acids is 1. The van der Waals surface area contributed by atoms with E-state index in [0.717, 1.165) is 30.6 Å². The molecule has 1 heterocycles. The van der Waals surface area contributed by atoms with Crippen LogP contribution in [0.1, 0.15) is 35.8 Å². The molecule has 0 unspecified atom stereocenters. The van der Waals surface area contributed by atoms with Gasteiger partial charge in [-0.1, -0.05) is 19.4 Å². The zero-order chi connectivity index (χ0) is 16.7. The molecule has 1 amide bonds. The van der Waals surface area contributed by atoms with Gasteiger partial charge in [0.1, 0.15) is 11.4 Å². The minimum absolute atomic E-state index is 0.256. The van der Waals surface area contributed by atoms with E-state index in [1.54, 1.807) is 19.4 Å². The molecule has 2 rings (SSSR count). The number of ether oxygens (including phenoxy) is 1. The van der Waals surface area contributed by atoms with Crippen LogP contribution in [-0.2, 0) is 0 Å². The van der Waals surface area contributed by atoms with E-state index in [4.69, 9.17) is 4.74 Å². The summed E-state index contributed by atoms with van der Waals surface area (Å²) in [5, 5.41) is 6.12. The molecule has 1 aromatic carbocycles. The summed E-state index contributed by atoms with van der Waals surface area (Å²) in [4.78, 5) is 16.5. The molecule has 0 saturated carbocycles. The Morgan fingerprint density at radius 2 is 2.09 bits per heavy atom. The molecule has 2 N–H and O–H groups in total. The first-order valence-corrected chi connectivity index (χ1v) is 7.80. The lowest BCUT2D eigenvalue weighted by molar-refractivity contribution is 0.102. The Bertz CT molecular complexity index is 654. The summed E-state index contributed by atoms with van der Waals surface area (Å²) in [7, 11) is 1.58. The number of aryl methyl sites for hydroxylation is 1. The molecule has 0 fully saturated rings. The number of anilines is 2. The fourth-order valence-electron chi connectivity index (χ4n) is 2.15. The molecule has 0 radical (unpaired) electrons. The quantitative estimate of drug-likeness (QED) is 0.762. The highest BCUT2D eigenvalue weighted by Gasteiger charge is 2.11. The number of benzene rings is 1. The van der Waals surface area contributed by atoms with Crippen molar-refractivity contribution in [3.63, 3.8) is 0 Å². The number of aromatic nitrogens is 1. The van der Waals surface area contributed by atoms with Gasteiger partial charge in [-0.3, -0.25) is 4.79 Å². The molecule has 0 aliphatic carbocycles. The highest BCUT2D eigenvalue weighted by atomic mass is 16.5. The standard InChI is InChI=1S/C18H23N3O2/c1-4-5-10-19-14-7-8-15(20-12-14)18(22)21-16-11-13(2)6-9-17(16)23-3/h6-9,11-12,19H,4-5,10H2,1-3H3,(H,21,22). The molecule has 0 spiro atoms. The predicted octanol–water partition coefficient (Wildman–Crippen LogP) is 3.86. The van der Waals surface area contributed by atoms with Crippen molar-refractivity contribution < 1.29 is 9.53 Å². The molecule has 5 heteroatoms. The SMILES string of the molecule is CCCCNc1ccc(C(=O)Nc2cc(C)ccc2OC)nc1. The Kier molecular flexibility index (Phi) is 5.97. The van der Waals surface area contributed by atoms with Crippen molar-refractivity contribution in [2.45, 2.75) is 26.7 Å². The van der Waals surface area contributed by atoms with Crippen LogP contribution in [0.3, 0.4) is 0 Å². The monoisotopic (exact) mass is 313 g/mol. The number of nitrogens with one attached hydrogen (secondary N) is 2. The van der Waals surface area contributed by atoms with E-state index in [1.807, 2.05) is 31.2 Å². The van der Waals surface area contributed by atoms with E-state index in [2.05, 4.69) is 22.5 Å². The van der Waals surface area contributed by atoms with Crippen LogP contribution in [0.15, 0.2) is 36.5 Å². The second-order valence-corrected chi connectivity index (χ2v) is 5.37. The molecule has 0 aliphatic rings. The Morgan fingerprint density at radius 3 is 2.74 bits per heavy atom. The first-order chi connectivity index (χ1) is 11.1. The van der Waals surface area contributed by atoms with E-state index in [1.165, 1.54) is 0 Å². The van der Waals surface area contributed by atoms with Crippen LogP contribution >= 0.6 is 0 Å². The van der Waals surface area contributed by atoms with Crippen LogP contribution in [0.4, 0.5) is 11.4 Å². The average Bonchev–Trinajstić information content (AvgIpc) is 2.56. The summed E-state index contributed by atoms with van der Waals surface area (Å²) in [6.07, 6.45) is 3.92. The Morgan fingerprint density at radius 1 is 1.26 bits per heavy atom. The second kappa shape index (κ2) is 8.17. The van der Waals surface area contributed by atoms with E-state index < -0.39 is 0 Å². The average molecular weight is 313 g/mol. The number of carbonyl (C=O) groups is 1. The van der Waals surface area contributed by atoms with E-state index >= 15 is 0 Å². The predicted molar refractivity (Wildman–Crippen MR) is 93.3 cm³/mol. The van der Waals surface area contributed by atoms with Gasteiger partial charge in [0, 0.05) is 6.54 Å². The van der Waals surface area contributed by atoms with Crippen LogP contribution in [0.2, 0.25) is 0 Å². The van der Waals surface area contributed by atoms with Crippen LogP contribution in [0.25, 0.3) is 0 Å². The van der Waals surface area contributed by atoms with Gasteiger partial charge in [-0.15, -0.1) is 0 Å². The maximum atomic E-state index is 12.3. The lowest BCUT2D eigenvalue weighted by atomic mass is 10.2. The van der Waals surface area contributed by atoms with Gasteiger partial charge < -0.3 is 15.4 Å². The molecular weight excluding hydrogens is 290 g/mol. The summed E-state index contributed by atoms with van der Waals surface area (Å²) in [6.45, 7) is 5.02. The van der Waals surface area contributed by atoms with Crippen molar-refractivity contribution in [1.82, 2.24) is 4.98 Å². The fraction of sp³-hybridized carbons (Fsp3) is 0.333. The van der Waals surface area contributed by atoms with Crippen molar-refractivity contribution in [2.24, 2.45) is 0 Å². The number of hydrogen-bond donors (Lipinski definition) is 2. The molecule has 5 nitrogen and oxygen atoms in total. The van der Waals surface area contributed by atoms with Crippen LogP contribution in [0.5, 0.6) is 5.75 Å². The topological polar surface area (TPSA) is 63.2 Å². The zero-order valence-corrected chi connectivity index (χ0v) is 13.8. The van der Waals surface area contributed by atoms with Crippen molar-refractivity contribution >= 4 is 17.3 Å². The first kappa shape index (κ1) is 16.8. The number of pyridine rings is 1. The third kappa shape index (κ3) is 4.71. The van der Waals surface area contributed by atoms with Gasteiger partial charge in [0.25, 0.3) is 5.91 Å². The van der Waals surface area contributed by atoms with E-state index in [-0.39, 0.29) is 5.91 Å². The third-order valence-electron chi connectivity index (χ3n) is 3.46. The number of rotatable bonds is 7. The third-order valence-corrected chi connectivity index (χ3v) is 3.46. The Balaban J connectivity index is 2.05. The minimum Gasteiger partial charge on any atom is -0.495 e. The van der Waals surface area contributed by atoms with Gasteiger partial charge in [0.15, 0.2) is 0 Å². The summed E-state index contributed by atoms with van der Waals surface area (Å²) in [5.74, 6) is 0.371. The zero-order valence-electron chi connectivity index (χ0n) is 13.8. The molecule has 0 saturated heterocycles. The molecule has 2 aromatic rings. The molecule has 0 bridgehead atoms. The summed E-state index contributed by atoms with van der Waals surface area (Å²) >= 11 is 0. The van der Waals surface area contributed by atoms with Gasteiger partial charge in [0.2, 0.25) is 0 Å². The van der Waals surface area contributed by atoms with Crippen LogP contribution in [-0.4, -0.2) is 24.5 Å². The lowest BCUT2D eigenvalue weighted by Gasteiger charge is -2.11. The number of hydrogen-bond acceptors (Lipinski definition) is 4. The normalized spacial score (nSPS) is 10.2. The molecule has 1 aromatic heterocycles. The summed E-state index contributed by atoms with van der Waals surface area (Å²) in [6, 6.07) is 9.22. The van der Waals surface area contributed by atoms with Crippen LogP contribution in [0, 0.1) is 6.92 Å². The second-order valence-electron chi connectivity index (χ2n) is 5.37. The van der Waals surface area contributed by atoms with E-state index in [9.17, 15) is 4.79 Å². The van der Waals surface area contributed by atoms with Gasteiger partial charge in [-0.05, 0) is 43.2 Å². The number of nitrogens with zero attached hydrogens (tertiary/aromatic N) is 1. The molecule has 23 heavy (non-hydrogen) atoms. The highest BCUT2D eigenvalue weighted by Crippen LogP contribution is 2.25.